The second-order valence-electron chi connectivity index (χ2n) is 4.98. The van der Waals surface area contributed by atoms with Crippen LogP contribution >= 0.6 is 15.9 Å². The lowest BCUT2D eigenvalue weighted by atomic mass is 10.1. The van der Waals surface area contributed by atoms with Gasteiger partial charge in [0.25, 0.3) is 0 Å². The molecule has 0 saturated heterocycles. The Morgan fingerprint density at radius 1 is 1.24 bits per heavy atom. The molecule has 1 aromatic heterocycles. The lowest BCUT2D eigenvalue weighted by Crippen LogP contribution is -1.97. The number of nitrogens with zero attached hydrogens (tertiary/aromatic N) is 1. The molecule has 1 unspecified atom stereocenters. The highest BCUT2D eigenvalue weighted by Gasteiger charge is 2.14. The molecule has 0 aliphatic heterocycles. The largest absolute Gasteiger partial charge is 0.496 e. The fourth-order valence-electron chi connectivity index (χ4n) is 2.31. The average molecular weight is 346 g/mol. The van der Waals surface area contributed by atoms with Crippen molar-refractivity contribution in [2.24, 2.45) is 0 Å². The number of oxazole rings is 1. The molecule has 0 bridgehead atoms. The smallest absolute Gasteiger partial charge is 0.196 e. The van der Waals surface area contributed by atoms with E-state index in [2.05, 4.69) is 39.1 Å². The van der Waals surface area contributed by atoms with Crippen molar-refractivity contribution in [2.45, 2.75) is 18.2 Å². The van der Waals surface area contributed by atoms with Gasteiger partial charge in [-0.1, -0.05) is 40.2 Å². The number of fused-ring (bicyclic) bond motifs is 1. The van der Waals surface area contributed by atoms with E-state index in [4.69, 9.17) is 9.15 Å². The molecule has 0 aliphatic rings. The van der Waals surface area contributed by atoms with Gasteiger partial charge in [0.05, 0.1) is 7.11 Å². The van der Waals surface area contributed by atoms with Crippen LogP contribution in [0.4, 0.5) is 0 Å². The van der Waals surface area contributed by atoms with Crippen molar-refractivity contribution in [3.8, 4) is 5.75 Å². The summed E-state index contributed by atoms with van der Waals surface area (Å²) in [5.74, 6) is 1.63. The van der Waals surface area contributed by atoms with Crippen LogP contribution in [0.5, 0.6) is 5.75 Å². The van der Waals surface area contributed by atoms with Gasteiger partial charge in [0.2, 0.25) is 0 Å². The molecule has 3 nitrogen and oxygen atoms in total. The summed E-state index contributed by atoms with van der Waals surface area (Å²) in [5, 5.41) is 0. The number of benzene rings is 2. The number of hydrogen-bond donors (Lipinski definition) is 0. The number of hydrogen-bond acceptors (Lipinski definition) is 3. The van der Waals surface area contributed by atoms with Crippen LogP contribution in [0.3, 0.4) is 0 Å². The topological polar surface area (TPSA) is 35.3 Å². The van der Waals surface area contributed by atoms with E-state index < -0.39 is 0 Å². The molecular formula is C17H16BrNO2. The molecule has 2 aromatic carbocycles. The summed E-state index contributed by atoms with van der Waals surface area (Å²) in [6.45, 7) is 2.03. The molecule has 0 fully saturated rings. The first-order valence-corrected chi connectivity index (χ1v) is 7.72. The maximum atomic E-state index is 5.77. The molecule has 0 spiro atoms. The van der Waals surface area contributed by atoms with Crippen molar-refractivity contribution >= 4 is 27.0 Å². The Hall–Kier alpha value is -1.81. The molecule has 4 heteroatoms. The van der Waals surface area contributed by atoms with Crippen molar-refractivity contribution in [1.29, 1.82) is 0 Å². The molecule has 3 rings (SSSR count). The average Bonchev–Trinajstić information content (AvgIpc) is 2.89. The Bertz CT molecular complexity index is 733. The van der Waals surface area contributed by atoms with Gasteiger partial charge in [-0.3, -0.25) is 0 Å². The lowest BCUT2D eigenvalue weighted by Gasteiger charge is -2.11. The van der Waals surface area contributed by atoms with Gasteiger partial charge in [0.1, 0.15) is 11.3 Å². The van der Waals surface area contributed by atoms with E-state index in [1.165, 1.54) is 0 Å². The van der Waals surface area contributed by atoms with Crippen molar-refractivity contribution in [1.82, 2.24) is 4.98 Å². The highest BCUT2D eigenvalue weighted by atomic mass is 79.9. The second-order valence-corrected chi connectivity index (χ2v) is 6.08. The van der Waals surface area contributed by atoms with Gasteiger partial charge < -0.3 is 9.15 Å². The Balaban J connectivity index is 1.83. The predicted molar refractivity (Wildman–Crippen MR) is 87.1 cm³/mol. The first-order valence-electron chi connectivity index (χ1n) is 6.80. The lowest BCUT2D eigenvalue weighted by molar-refractivity contribution is 0.411. The van der Waals surface area contributed by atoms with E-state index in [1.54, 1.807) is 7.11 Å². The zero-order valence-electron chi connectivity index (χ0n) is 12.0. The van der Waals surface area contributed by atoms with Crippen molar-refractivity contribution in [3.05, 3.63) is 59.5 Å². The molecule has 3 aromatic rings. The number of methoxy groups -OCH3 is 1. The fraction of sp³-hybridized carbons (Fsp3) is 0.235. The van der Waals surface area contributed by atoms with Crippen LogP contribution < -0.4 is 4.74 Å². The summed E-state index contributed by atoms with van der Waals surface area (Å²) < 4.78 is 11.1. The summed E-state index contributed by atoms with van der Waals surface area (Å²) in [6.07, 6.45) is 0.695. The quantitative estimate of drug-likeness (QED) is 0.635. The van der Waals surface area contributed by atoms with Crippen LogP contribution in [0, 0.1) is 6.92 Å². The SMILES string of the molecule is COc1cc(C(Br)Cc2nc3ccccc3o2)ccc1C. The Morgan fingerprint density at radius 2 is 2.05 bits per heavy atom. The number of ether oxygens (including phenoxy) is 1. The number of aromatic nitrogens is 1. The van der Waals surface area contributed by atoms with E-state index in [-0.39, 0.29) is 4.83 Å². The maximum Gasteiger partial charge on any atom is 0.196 e. The van der Waals surface area contributed by atoms with Crippen LogP contribution in [0.1, 0.15) is 21.8 Å². The Labute approximate surface area is 132 Å². The molecule has 21 heavy (non-hydrogen) atoms. The molecular weight excluding hydrogens is 330 g/mol. The number of halogens is 1. The minimum atomic E-state index is 0.139. The first-order chi connectivity index (χ1) is 10.2. The van der Waals surface area contributed by atoms with Gasteiger partial charge in [0, 0.05) is 11.2 Å². The maximum absolute atomic E-state index is 5.77. The molecule has 108 valence electrons. The predicted octanol–water partition coefficient (Wildman–Crippen LogP) is 4.82. The second kappa shape index (κ2) is 5.90. The summed E-state index contributed by atoms with van der Waals surface area (Å²) >= 11 is 3.71. The highest BCUT2D eigenvalue weighted by molar-refractivity contribution is 9.09. The summed E-state index contributed by atoms with van der Waals surface area (Å²) in [4.78, 5) is 4.65. The third kappa shape index (κ3) is 2.95. The minimum Gasteiger partial charge on any atom is -0.496 e. The van der Waals surface area contributed by atoms with Crippen LogP contribution in [-0.4, -0.2) is 12.1 Å². The molecule has 1 heterocycles. The summed E-state index contributed by atoms with van der Waals surface area (Å²) in [7, 11) is 1.69. The molecule has 0 amide bonds. The normalized spacial score (nSPS) is 12.5. The monoisotopic (exact) mass is 345 g/mol. The van der Waals surface area contributed by atoms with Gasteiger partial charge in [-0.2, -0.15) is 0 Å². The van der Waals surface area contributed by atoms with Crippen LogP contribution in [0.15, 0.2) is 46.9 Å². The van der Waals surface area contributed by atoms with E-state index in [0.29, 0.717) is 6.42 Å². The first kappa shape index (κ1) is 14.1. The zero-order valence-corrected chi connectivity index (χ0v) is 13.6. The minimum absolute atomic E-state index is 0.139. The van der Waals surface area contributed by atoms with Crippen LogP contribution in [0.25, 0.3) is 11.1 Å². The van der Waals surface area contributed by atoms with Gasteiger partial charge in [-0.15, -0.1) is 0 Å². The molecule has 0 aliphatic carbocycles. The number of aryl methyl sites for hydroxylation is 1. The van der Waals surface area contributed by atoms with Gasteiger partial charge in [0.15, 0.2) is 11.5 Å². The van der Waals surface area contributed by atoms with E-state index in [0.717, 1.165) is 33.9 Å². The fourth-order valence-corrected chi connectivity index (χ4v) is 2.87. The molecule has 0 saturated carbocycles. The third-order valence-electron chi connectivity index (χ3n) is 3.49. The zero-order chi connectivity index (χ0) is 14.8. The van der Waals surface area contributed by atoms with E-state index >= 15 is 0 Å². The number of para-hydroxylation sites is 2. The Kier molecular flexibility index (Phi) is 3.97. The number of rotatable bonds is 4. The van der Waals surface area contributed by atoms with Crippen molar-refractivity contribution < 1.29 is 9.15 Å². The summed E-state index contributed by atoms with van der Waals surface area (Å²) in [6, 6.07) is 14.0. The van der Waals surface area contributed by atoms with Gasteiger partial charge in [-0.05, 0) is 36.2 Å². The van der Waals surface area contributed by atoms with Crippen LogP contribution in [0.2, 0.25) is 0 Å². The van der Waals surface area contributed by atoms with Crippen molar-refractivity contribution in [3.63, 3.8) is 0 Å². The van der Waals surface area contributed by atoms with Crippen molar-refractivity contribution in [2.75, 3.05) is 7.11 Å². The van der Waals surface area contributed by atoms with Gasteiger partial charge in [-0.25, -0.2) is 4.98 Å². The molecule has 0 radical (unpaired) electrons. The summed E-state index contributed by atoms with van der Waals surface area (Å²) in [5.41, 5.74) is 4.00. The van der Waals surface area contributed by atoms with E-state index in [1.807, 2.05) is 31.2 Å². The molecule has 1 atom stereocenters. The van der Waals surface area contributed by atoms with E-state index in [9.17, 15) is 0 Å². The van der Waals surface area contributed by atoms with Crippen LogP contribution in [-0.2, 0) is 6.42 Å². The van der Waals surface area contributed by atoms with Gasteiger partial charge >= 0.3 is 0 Å². The third-order valence-corrected chi connectivity index (χ3v) is 4.34. The molecule has 0 N–H and O–H groups in total. The number of alkyl halides is 1. The standard InChI is InChI=1S/C17H16BrNO2/c1-11-7-8-12(9-16(11)20-2)13(18)10-17-19-14-5-3-4-6-15(14)21-17/h3-9,13H,10H2,1-2H3. The Morgan fingerprint density at radius 3 is 2.81 bits per heavy atom. The highest BCUT2D eigenvalue weighted by Crippen LogP contribution is 2.31.